The van der Waals surface area contributed by atoms with Gasteiger partial charge < -0.3 is 14.8 Å². The molecule has 0 radical (unpaired) electrons. The molecule has 0 bridgehead atoms. The quantitative estimate of drug-likeness (QED) is 0.654. The van der Waals surface area contributed by atoms with E-state index in [2.05, 4.69) is 15.6 Å². The maximum Gasteiger partial charge on any atom is 0.435 e. The van der Waals surface area contributed by atoms with Crippen LogP contribution in [0, 0.1) is 5.82 Å². The molecule has 0 saturated carbocycles. The van der Waals surface area contributed by atoms with Crippen molar-refractivity contribution in [1.82, 2.24) is 20.3 Å². The number of hydrogen-bond acceptors (Lipinski definition) is 5. The number of hydrogen-bond donors (Lipinski definition) is 1. The number of benzene rings is 2. The molecule has 156 valence electrons. The summed E-state index contributed by atoms with van der Waals surface area (Å²) in [7, 11) is 0. The molecule has 2 heterocycles. The van der Waals surface area contributed by atoms with Crippen molar-refractivity contribution in [1.29, 1.82) is 0 Å². The van der Waals surface area contributed by atoms with Gasteiger partial charge in [0.15, 0.2) is 22.9 Å². The Balaban J connectivity index is 1.61. The van der Waals surface area contributed by atoms with E-state index in [1.807, 2.05) is 0 Å². The average Bonchev–Trinajstić information content (AvgIpc) is 3.18. The SMILES string of the molecule is O=C(NCc1cccc2c1OCCO2)c1nnn(-c2ccc(F)cc2)c1C(F)(F)F. The van der Waals surface area contributed by atoms with E-state index in [-0.39, 0.29) is 12.2 Å². The third-order valence-electron chi connectivity index (χ3n) is 4.31. The van der Waals surface area contributed by atoms with Gasteiger partial charge in [-0.1, -0.05) is 17.3 Å². The minimum atomic E-state index is -4.92. The monoisotopic (exact) mass is 422 g/mol. The van der Waals surface area contributed by atoms with Crippen LogP contribution in [0.2, 0.25) is 0 Å². The summed E-state index contributed by atoms with van der Waals surface area (Å²) < 4.78 is 65.5. The van der Waals surface area contributed by atoms with Crippen LogP contribution in [-0.4, -0.2) is 34.1 Å². The number of para-hydroxylation sites is 1. The number of rotatable bonds is 4. The summed E-state index contributed by atoms with van der Waals surface area (Å²) >= 11 is 0. The molecule has 4 rings (SSSR count). The van der Waals surface area contributed by atoms with Crippen LogP contribution in [0.5, 0.6) is 11.5 Å². The number of nitrogens with zero attached hydrogens (tertiary/aromatic N) is 3. The number of aromatic nitrogens is 3. The normalized spacial score (nSPS) is 13.2. The van der Waals surface area contributed by atoms with Gasteiger partial charge in [-0.05, 0) is 30.3 Å². The molecule has 7 nitrogen and oxygen atoms in total. The number of nitrogens with one attached hydrogen (secondary N) is 1. The predicted octanol–water partition coefficient (Wildman–Crippen LogP) is 3.13. The summed E-state index contributed by atoms with van der Waals surface area (Å²) in [6.07, 6.45) is -4.92. The Bertz CT molecular complexity index is 1080. The number of amides is 1. The van der Waals surface area contributed by atoms with Gasteiger partial charge >= 0.3 is 6.18 Å². The first-order chi connectivity index (χ1) is 14.3. The molecule has 1 aromatic heterocycles. The van der Waals surface area contributed by atoms with Crippen LogP contribution in [0.3, 0.4) is 0 Å². The summed E-state index contributed by atoms with van der Waals surface area (Å²) in [4.78, 5) is 12.5. The molecule has 1 aliphatic rings. The molecule has 3 aromatic rings. The fraction of sp³-hybridized carbons (Fsp3) is 0.211. The highest BCUT2D eigenvalue weighted by molar-refractivity contribution is 5.93. The molecule has 30 heavy (non-hydrogen) atoms. The second-order valence-corrected chi connectivity index (χ2v) is 6.30. The van der Waals surface area contributed by atoms with Crippen LogP contribution in [-0.2, 0) is 12.7 Å². The van der Waals surface area contributed by atoms with E-state index in [1.54, 1.807) is 18.2 Å². The van der Waals surface area contributed by atoms with E-state index < -0.39 is 29.3 Å². The van der Waals surface area contributed by atoms with Crippen molar-refractivity contribution in [2.24, 2.45) is 0 Å². The van der Waals surface area contributed by atoms with E-state index >= 15 is 0 Å². The van der Waals surface area contributed by atoms with E-state index in [1.165, 1.54) is 0 Å². The first-order valence-corrected chi connectivity index (χ1v) is 8.79. The zero-order valence-electron chi connectivity index (χ0n) is 15.2. The topological polar surface area (TPSA) is 78.3 Å². The zero-order chi connectivity index (χ0) is 21.3. The molecule has 0 unspecified atom stereocenters. The van der Waals surface area contributed by atoms with Gasteiger partial charge in [0.25, 0.3) is 5.91 Å². The second kappa shape index (κ2) is 7.65. The first-order valence-electron chi connectivity index (χ1n) is 8.79. The Morgan fingerprint density at radius 2 is 1.83 bits per heavy atom. The van der Waals surface area contributed by atoms with E-state index in [0.29, 0.717) is 35.0 Å². The molecular formula is C19H14F4N4O3. The van der Waals surface area contributed by atoms with Gasteiger partial charge in [-0.2, -0.15) is 13.2 Å². The Labute approximate surface area is 167 Å². The van der Waals surface area contributed by atoms with Gasteiger partial charge in [-0.25, -0.2) is 9.07 Å². The van der Waals surface area contributed by atoms with Crippen LogP contribution in [0.25, 0.3) is 5.69 Å². The highest BCUT2D eigenvalue weighted by atomic mass is 19.4. The second-order valence-electron chi connectivity index (χ2n) is 6.30. The molecule has 2 aromatic carbocycles. The van der Waals surface area contributed by atoms with Crippen molar-refractivity contribution in [3.63, 3.8) is 0 Å². The molecule has 0 atom stereocenters. The predicted molar refractivity (Wildman–Crippen MR) is 94.9 cm³/mol. The summed E-state index contributed by atoms with van der Waals surface area (Å²) in [6.45, 7) is 0.596. The summed E-state index contributed by atoms with van der Waals surface area (Å²) in [5.74, 6) is -0.769. The number of ether oxygens (including phenoxy) is 2. The van der Waals surface area contributed by atoms with Crippen LogP contribution in [0.4, 0.5) is 17.6 Å². The lowest BCUT2D eigenvalue weighted by Gasteiger charge is -2.21. The van der Waals surface area contributed by atoms with Crippen molar-refractivity contribution in [2.45, 2.75) is 12.7 Å². The standard InChI is InChI=1S/C19H14F4N4O3/c20-12-4-6-13(7-5-12)27-17(19(21,22)23)15(25-26-27)18(28)24-10-11-2-1-3-14-16(11)30-9-8-29-14/h1-7H,8-10H2,(H,24,28). The molecule has 0 aliphatic carbocycles. The third-order valence-corrected chi connectivity index (χ3v) is 4.31. The lowest BCUT2D eigenvalue weighted by Crippen LogP contribution is -2.27. The molecule has 0 spiro atoms. The van der Waals surface area contributed by atoms with E-state index in [0.717, 1.165) is 24.3 Å². The highest BCUT2D eigenvalue weighted by Crippen LogP contribution is 2.34. The minimum Gasteiger partial charge on any atom is -0.486 e. The summed E-state index contributed by atoms with van der Waals surface area (Å²) in [5, 5.41) is 9.26. The van der Waals surface area contributed by atoms with Gasteiger partial charge in [0.1, 0.15) is 19.0 Å². The maximum absolute atomic E-state index is 13.7. The minimum absolute atomic E-state index is 0.0852. The average molecular weight is 422 g/mol. The van der Waals surface area contributed by atoms with Crippen molar-refractivity contribution < 1.29 is 31.8 Å². The highest BCUT2D eigenvalue weighted by Gasteiger charge is 2.42. The molecule has 0 saturated heterocycles. The van der Waals surface area contributed by atoms with Crippen molar-refractivity contribution >= 4 is 5.91 Å². The molecule has 1 amide bonds. The lowest BCUT2D eigenvalue weighted by atomic mass is 10.1. The van der Waals surface area contributed by atoms with Gasteiger partial charge in [0.2, 0.25) is 0 Å². The van der Waals surface area contributed by atoms with Crippen molar-refractivity contribution in [3.05, 3.63) is 65.2 Å². The lowest BCUT2D eigenvalue weighted by molar-refractivity contribution is -0.143. The Morgan fingerprint density at radius 1 is 1.10 bits per heavy atom. The van der Waals surface area contributed by atoms with Gasteiger partial charge in [-0.15, -0.1) is 5.10 Å². The number of carbonyl (C=O) groups is 1. The van der Waals surface area contributed by atoms with Gasteiger partial charge in [0.05, 0.1) is 5.69 Å². The molecule has 1 aliphatic heterocycles. The zero-order valence-corrected chi connectivity index (χ0v) is 15.2. The molecule has 1 N–H and O–H groups in total. The number of fused-ring (bicyclic) bond motifs is 1. The van der Waals surface area contributed by atoms with Crippen molar-refractivity contribution in [3.8, 4) is 17.2 Å². The maximum atomic E-state index is 13.7. The van der Waals surface area contributed by atoms with Crippen LogP contribution in [0.15, 0.2) is 42.5 Å². The van der Waals surface area contributed by atoms with E-state index in [4.69, 9.17) is 9.47 Å². The van der Waals surface area contributed by atoms with Crippen LogP contribution >= 0.6 is 0 Å². The molecular weight excluding hydrogens is 408 g/mol. The fourth-order valence-corrected chi connectivity index (χ4v) is 2.98. The molecule has 11 heteroatoms. The van der Waals surface area contributed by atoms with Gasteiger partial charge in [-0.3, -0.25) is 4.79 Å². The Kier molecular flexibility index (Phi) is 5.02. The smallest absolute Gasteiger partial charge is 0.435 e. The summed E-state index contributed by atoms with van der Waals surface area (Å²) in [5.41, 5.74) is -1.80. The van der Waals surface area contributed by atoms with E-state index in [9.17, 15) is 22.4 Å². The Hall–Kier alpha value is -3.63. The fourth-order valence-electron chi connectivity index (χ4n) is 2.98. The first kappa shape index (κ1) is 19.7. The van der Waals surface area contributed by atoms with Crippen LogP contribution < -0.4 is 14.8 Å². The third kappa shape index (κ3) is 3.78. The number of carbonyl (C=O) groups excluding carboxylic acids is 1. The summed E-state index contributed by atoms with van der Waals surface area (Å²) in [6, 6.07) is 9.21. The van der Waals surface area contributed by atoms with Crippen molar-refractivity contribution in [2.75, 3.05) is 13.2 Å². The Morgan fingerprint density at radius 3 is 2.57 bits per heavy atom. The number of alkyl halides is 3. The van der Waals surface area contributed by atoms with Gasteiger partial charge in [0, 0.05) is 12.1 Å². The molecule has 0 fully saturated rings. The number of halogens is 4. The largest absolute Gasteiger partial charge is 0.486 e. The van der Waals surface area contributed by atoms with Crippen LogP contribution in [0.1, 0.15) is 21.7 Å².